The van der Waals surface area contributed by atoms with Crippen LogP contribution in [0.2, 0.25) is 0 Å². The number of benzene rings is 9. The number of furan rings is 1. The molecule has 0 fully saturated rings. The molecule has 2 heterocycles. The average Bonchev–Trinajstić information content (AvgIpc) is 3.61. The molecule has 0 spiro atoms. The van der Waals surface area contributed by atoms with Gasteiger partial charge in [0, 0.05) is 27.5 Å². The molecule has 0 aliphatic rings. The summed E-state index contributed by atoms with van der Waals surface area (Å²) in [6.45, 7) is 0. The van der Waals surface area contributed by atoms with Crippen LogP contribution in [0.1, 0.15) is 0 Å². The van der Waals surface area contributed by atoms with Crippen LogP contribution in [0.15, 0.2) is 180 Å². The number of aromatic nitrogens is 3. The van der Waals surface area contributed by atoms with Crippen molar-refractivity contribution >= 4 is 65.0 Å². The molecule has 53 heavy (non-hydrogen) atoms. The van der Waals surface area contributed by atoms with E-state index in [1.807, 2.05) is 30.3 Å². The molecule has 0 aliphatic heterocycles. The highest BCUT2D eigenvalue weighted by Gasteiger charge is 2.23. The van der Waals surface area contributed by atoms with Gasteiger partial charge in [0.25, 0.3) is 0 Å². The predicted molar refractivity (Wildman–Crippen MR) is 219 cm³/mol. The van der Waals surface area contributed by atoms with Crippen molar-refractivity contribution in [3.63, 3.8) is 0 Å². The summed E-state index contributed by atoms with van der Waals surface area (Å²) in [6, 6.07) is 61.6. The van der Waals surface area contributed by atoms with Gasteiger partial charge in [0.05, 0.1) is 0 Å². The second kappa shape index (κ2) is 11.7. The van der Waals surface area contributed by atoms with Crippen LogP contribution in [0, 0.1) is 0 Å². The highest BCUT2D eigenvalue weighted by atomic mass is 16.3. The minimum Gasteiger partial charge on any atom is -0.456 e. The molecule has 9 aromatic carbocycles. The lowest BCUT2D eigenvalue weighted by molar-refractivity contribution is 0.669. The molecule has 0 saturated carbocycles. The van der Waals surface area contributed by atoms with E-state index in [4.69, 9.17) is 19.4 Å². The Bertz CT molecular complexity index is 3240. The summed E-state index contributed by atoms with van der Waals surface area (Å²) in [5.74, 6) is 1.83. The van der Waals surface area contributed by atoms with Crippen molar-refractivity contribution in [2.45, 2.75) is 0 Å². The third kappa shape index (κ3) is 4.73. The molecule has 0 atom stereocenters. The second-order valence-corrected chi connectivity index (χ2v) is 13.5. The highest BCUT2D eigenvalue weighted by molar-refractivity contribution is 6.23. The topological polar surface area (TPSA) is 51.8 Å². The zero-order chi connectivity index (χ0) is 34.9. The van der Waals surface area contributed by atoms with Crippen LogP contribution in [0.5, 0.6) is 0 Å². The van der Waals surface area contributed by atoms with Crippen LogP contribution in [0.25, 0.3) is 110 Å². The highest BCUT2D eigenvalue weighted by Crippen LogP contribution is 2.44. The molecule has 0 saturated heterocycles. The molecule has 4 heteroatoms. The quantitative estimate of drug-likeness (QED) is 0.174. The molecule has 0 N–H and O–H groups in total. The summed E-state index contributed by atoms with van der Waals surface area (Å²) in [4.78, 5) is 16.0. The third-order valence-corrected chi connectivity index (χ3v) is 10.5. The molecular formula is C49H29N3O. The maximum Gasteiger partial charge on any atom is 0.165 e. The minimum absolute atomic E-state index is 0.594. The Morgan fingerprint density at radius 3 is 1.83 bits per heavy atom. The Hall–Kier alpha value is -7.17. The number of hydrogen-bond donors (Lipinski definition) is 0. The van der Waals surface area contributed by atoms with Gasteiger partial charge in [0.1, 0.15) is 11.2 Å². The van der Waals surface area contributed by atoms with E-state index in [9.17, 15) is 0 Å². The van der Waals surface area contributed by atoms with E-state index in [0.717, 1.165) is 60.5 Å². The summed E-state index contributed by atoms with van der Waals surface area (Å²) < 4.78 is 6.48. The van der Waals surface area contributed by atoms with Gasteiger partial charge >= 0.3 is 0 Å². The van der Waals surface area contributed by atoms with E-state index in [1.165, 1.54) is 32.3 Å². The SMILES string of the molecule is c1ccc(-c2nc(-c3cc4ccc5ccccc5c4c4ccccc34)nc(-c3c(-c4ccc5ccccc5c4)ccc4oc5ccccc5c34)n2)cc1. The average molecular weight is 676 g/mol. The van der Waals surface area contributed by atoms with Gasteiger partial charge in [-0.15, -0.1) is 0 Å². The van der Waals surface area contributed by atoms with Crippen LogP contribution in [0.4, 0.5) is 0 Å². The lowest BCUT2D eigenvalue weighted by Crippen LogP contribution is -2.02. The van der Waals surface area contributed by atoms with Crippen molar-refractivity contribution in [3.05, 3.63) is 176 Å². The first-order valence-electron chi connectivity index (χ1n) is 17.9. The first-order chi connectivity index (χ1) is 26.3. The predicted octanol–water partition coefficient (Wildman–Crippen LogP) is 13.1. The second-order valence-electron chi connectivity index (χ2n) is 13.5. The smallest absolute Gasteiger partial charge is 0.165 e. The summed E-state index contributed by atoms with van der Waals surface area (Å²) >= 11 is 0. The Morgan fingerprint density at radius 2 is 0.962 bits per heavy atom. The molecule has 0 radical (unpaired) electrons. The monoisotopic (exact) mass is 675 g/mol. The molecule has 11 aromatic rings. The molecule has 246 valence electrons. The first-order valence-corrected chi connectivity index (χ1v) is 17.9. The van der Waals surface area contributed by atoms with E-state index in [0.29, 0.717) is 17.5 Å². The van der Waals surface area contributed by atoms with Gasteiger partial charge in [-0.2, -0.15) is 0 Å². The number of nitrogens with zero attached hydrogens (tertiary/aromatic N) is 3. The van der Waals surface area contributed by atoms with E-state index in [-0.39, 0.29) is 0 Å². The van der Waals surface area contributed by atoms with Crippen LogP contribution < -0.4 is 0 Å². The molecule has 0 unspecified atom stereocenters. The maximum atomic E-state index is 6.48. The Balaban J connectivity index is 1.26. The van der Waals surface area contributed by atoms with Gasteiger partial charge in [-0.05, 0) is 84.5 Å². The zero-order valence-electron chi connectivity index (χ0n) is 28.5. The van der Waals surface area contributed by atoms with Crippen LogP contribution in [0.3, 0.4) is 0 Å². The molecule has 0 aliphatic carbocycles. The van der Waals surface area contributed by atoms with Crippen molar-refractivity contribution < 1.29 is 4.42 Å². The summed E-state index contributed by atoms with van der Waals surface area (Å²) in [6.07, 6.45) is 0. The normalized spacial score (nSPS) is 11.8. The summed E-state index contributed by atoms with van der Waals surface area (Å²) in [5, 5.41) is 11.4. The maximum absolute atomic E-state index is 6.48. The fourth-order valence-corrected chi connectivity index (χ4v) is 8.03. The number of hydrogen-bond acceptors (Lipinski definition) is 4. The Labute approximate surface area is 304 Å². The molecule has 0 amide bonds. The Kier molecular flexibility index (Phi) is 6.52. The van der Waals surface area contributed by atoms with Crippen molar-refractivity contribution in [2.24, 2.45) is 0 Å². The van der Waals surface area contributed by atoms with Gasteiger partial charge < -0.3 is 4.42 Å². The van der Waals surface area contributed by atoms with Gasteiger partial charge in [-0.25, -0.2) is 15.0 Å². The molecule has 11 rings (SSSR count). The molecule has 2 aromatic heterocycles. The van der Waals surface area contributed by atoms with Crippen molar-refractivity contribution in [2.75, 3.05) is 0 Å². The number of fused-ring (bicyclic) bond motifs is 9. The van der Waals surface area contributed by atoms with Crippen LogP contribution in [-0.4, -0.2) is 15.0 Å². The zero-order valence-corrected chi connectivity index (χ0v) is 28.5. The van der Waals surface area contributed by atoms with E-state index < -0.39 is 0 Å². The first kappa shape index (κ1) is 29.5. The van der Waals surface area contributed by atoms with Crippen molar-refractivity contribution in [1.29, 1.82) is 0 Å². The Morgan fingerprint density at radius 1 is 0.321 bits per heavy atom. The van der Waals surface area contributed by atoms with Gasteiger partial charge in [0.2, 0.25) is 0 Å². The van der Waals surface area contributed by atoms with Gasteiger partial charge in [0.15, 0.2) is 17.5 Å². The minimum atomic E-state index is 0.594. The van der Waals surface area contributed by atoms with E-state index >= 15 is 0 Å². The summed E-state index contributed by atoms with van der Waals surface area (Å²) in [7, 11) is 0. The molecule has 4 nitrogen and oxygen atoms in total. The van der Waals surface area contributed by atoms with E-state index in [2.05, 4.69) is 146 Å². The van der Waals surface area contributed by atoms with Gasteiger partial charge in [-0.3, -0.25) is 0 Å². The fraction of sp³-hybridized carbons (Fsp3) is 0. The van der Waals surface area contributed by atoms with E-state index in [1.54, 1.807) is 0 Å². The van der Waals surface area contributed by atoms with Crippen molar-refractivity contribution in [1.82, 2.24) is 15.0 Å². The van der Waals surface area contributed by atoms with Crippen molar-refractivity contribution in [3.8, 4) is 45.3 Å². The third-order valence-electron chi connectivity index (χ3n) is 10.5. The fourth-order valence-electron chi connectivity index (χ4n) is 8.03. The molecular weight excluding hydrogens is 647 g/mol. The number of rotatable bonds is 4. The molecule has 0 bridgehead atoms. The van der Waals surface area contributed by atoms with Gasteiger partial charge in [-0.1, -0.05) is 146 Å². The standard InChI is InChI=1S/C49H29N3O/c1-2-14-32(15-3-1)47-50-48(41-29-35-25-23-31-13-6-7-17-36(31)44(35)39-19-9-8-18-38(39)41)52-49(51-47)46-37(34-24-22-30-12-4-5-16-33(30)28-34)26-27-43-45(46)40-20-10-11-21-42(40)53-43/h1-29H. The van der Waals surface area contributed by atoms with Crippen LogP contribution >= 0.6 is 0 Å². The largest absolute Gasteiger partial charge is 0.456 e. The number of para-hydroxylation sites is 1. The lowest BCUT2D eigenvalue weighted by atomic mass is 9.92. The van der Waals surface area contributed by atoms with Crippen LogP contribution in [-0.2, 0) is 0 Å². The lowest BCUT2D eigenvalue weighted by Gasteiger charge is -2.16. The summed E-state index contributed by atoms with van der Waals surface area (Å²) in [5.41, 5.74) is 6.52.